The molecule has 0 aliphatic carbocycles. The lowest BCUT2D eigenvalue weighted by atomic mass is 10.4. The molecule has 0 aliphatic rings. The molecule has 0 aliphatic heterocycles. The quantitative estimate of drug-likeness (QED) is 0.853. The Balaban J connectivity index is 1.92. The van der Waals surface area contributed by atoms with Gasteiger partial charge in [-0.05, 0) is 26.0 Å². The van der Waals surface area contributed by atoms with Crippen LogP contribution < -0.4 is 5.32 Å². The molecule has 2 N–H and O–H groups in total. The van der Waals surface area contributed by atoms with Crippen LogP contribution in [0.4, 0.5) is 0 Å². The normalized spacial score (nSPS) is 10.5. The average Bonchev–Trinajstić information content (AvgIpc) is 2.95. The van der Waals surface area contributed by atoms with E-state index in [9.17, 15) is 9.59 Å². The minimum atomic E-state index is -1.07. The lowest BCUT2D eigenvalue weighted by Gasteiger charge is -2.06. The molecular formula is C13H15N3O4. The fourth-order valence-corrected chi connectivity index (χ4v) is 1.75. The van der Waals surface area contributed by atoms with Gasteiger partial charge in [-0.25, -0.2) is 9.78 Å². The molecule has 1 amide bonds. The van der Waals surface area contributed by atoms with Crippen LogP contribution >= 0.6 is 0 Å². The maximum absolute atomic E-state index is 11.8. The Kier molecular flexibility index (Phi) is 3.88. The fourth-order valence-electron chi connectivity index (χ4n) is 1.75. The molecule has 2 aromatic rings. The Morgan fingerprint density at radius 3 is 2.80 bits per heavy atom. The smallest absolute Gasteiger partial charge is 0.352 e. The van der Waals surface area contributed by atoms with Crippen molar-refractivity contribution < 1.29 is 19.1 Å². The van der Waals surface area contributed by atoms with Crippen LogP contribution in [-0.2, 0) is 17.9 Å². The van der Waals surface area contributed by atoms with Gasteiger partial charge in [0, 0.05) is 6.20 Å². The summed E-state index contributed by atoms with van der Waals surface area (Å²) in [7, 11) is 0. The standard InChI is InChI=1S/C13H15N3O4/c1-8-9(2)20-12(15-8)6-14-11(17)7-16-5-3-4-10(16)13(18)19/h3-5H,6-7H2,1-2H3,(H,14,17)(H,18,19). The third-order valence-electron chi connectivity index (χ3n) is 2.87. The molecule has 0 spiro atoms. The second-order valence-electron chi connectivity index (χ2n) is 4.35. The Bertz CT molecular complexity index is 622. The van der Waals surface area contributed by atoms with Crippen molar-refractivity contribution in [2.45, 2.75) is 26.9 Å². The maximum Gasteiger partial charge on any atom is 0.352 e. The molecule has 0 aromatic carbocycles. The monoisotopic (exact) mass is 277 g/mol. The zero-order valence-corrected chi connectivity index (χ0v) is 11.2. The number of aromatic carboxylic acids is 1. The number of carboxylic acid groups (broad SMARTS) is 1. The third-order valence-corrected chi connectivity index (χ3v) is 2.87. The molecule has 2 heterocycles. The van der Waals surface area contributed by atoms with E-state index in [2.05, 4.69) is 10.3 Å². The number of aromatic nitrogens is 2. The second kappa shape index (κ2) is 5.60. The minimum absolute atomic E-state index is 0.0622. The van der Waals surface area contributed by atoms with Crippen LogP contribution in [0.25, 0.3) is 0 Å². The van der Waals surface area contributed by atoms with Crippen LogP contribution in [0.1, 0.15) is 27.8 Å². The summed E-state index contributed by atoms with van der Waals surface area (Å²) in [5.41, 5.74) is 0.857. The fraction of sp³-hybridized carbons (Fsp3) is 0.308. The number of aryl methyl sites for hydroxylation is 2. The van der Waals surface area contributed by atoms with E-state index in [0.717, 1.165) is 5.69 Å². The van der Waals surface area contributed by atoms with Crippen molar-refractivity contribution in [2.24, 2.45) is 0 Å². The molecule has 0 saturated heterocycles. The Hall–Kier alpha value is -2.57. The summed E-state index contributed by atoms with van der Waals surface area (Å²) in [6.45, 7) is 3.74. The van der Waals surface area contributed by atoms with Crippen LogP contribution in [0.2, 0.25) is 0 Å². The number of carbonyl (C=O) groups is 2. The third kappa shape index (κ3) is 3.05. The molecule has 7 nitrogen and oxygen atoms in total. The van der Waals surface area contributed by atoms with E-state index in [0.29, 0.717) is 11.7 Å². The molecule has 2 rings (SSSR count). The van der Waals surface area contributed by atoms with Crippen LogP contribution in [0.3, 0.4) is 0 Å². The van der Waals surface area contributed by atoms with E-state index >= 15 is 0 Å². The number of carboxylic acids is 1. The largest absolute Gasteiger partial charge is 0.477 e. The molecule has 0 unspecified atom stereocenters. The summed E-state index contributed by atoms with van der Waals surface area (Å²) in [5, 5.41) is 11.6. The summed E-state index contributed by atoms with van der Waals surface area (Å²) in [6, 6.07) is 3.02. The average molecular weight is 277 g/mol. The predicted octanol–water partition coefficient (Wildman–Crippen LogP) is 1.11. The number of oxazole rings is 1. The Morgan fingerprint density at radius 1 is 1.45 bits per heavy atom. The molecule has 2 aromatic heterocycles. The zero-order chi connectivity index (χ0) is 14.7. The van der Waals surface area contributed by atoms with Gasteiger partial charge in [0.1, 0.15) is 18.0 Å². The van der Waals surface area contributed by atoms with E-state index in [1.807, 2.05) is 6.92 Å². The highest BCUT2D eigenvalue weighted by atomic mass is 16.4. The number of amides is 1. The molecule has 7 heteroatoms. The molecule has 0 radical (unpaired) electrons. The van der Waals surface area contributed by atoms with Gasteiger partial charge < -0.3 is 19.4 Å². The molecular weight excluding hydrogens is 262 g/mol. The zero-order valence-electron chi connectivity index (χ0n) is 11.2. The van der Waals surface area contributed by atoms with Crippen molar-refractivity contribution in [3.8, 4) is 0 Å². The summed E-state index contributed by atoms with van der Waals surface area (Å²) in [5.74, 6) is -0.230. The minimum Gasteiger partial charge on any atom is -0.477 e. The van der Waals surface area contributed by atoms with Gasteiger partial charge in [0.25, 0.3) is 0 Å². The molecule has 0 atom stereocenters. The van der Waals surface area contributed by atoms with E-state index < -0.39 is 5.97 Å². The van der Waals surface area contributed by atoms with Crippen LogP contribution in [-0.4, -0.2) is 26.5 Å². The first-order chi connectivity index (χ1) is 9.47. The van der Waals surface area contributed by atoms with Gasteiger partial charge in [0.15, 0.2) is 0 Å². The van der Waals surface area contributed by atoms with Gasteiger partial charge in [-0.2, -0.15) is 0 Å². The highest BCUT2D eigenvalue weighted by Gasteiger charge is 2.12. The highest BCUT2D eigenvalue weighted by Crippen LogP contribution is 2.08. The Morgan fingerprint density at radius 2 is 2.20 bits per heavy atom. The highest BCUT2D eigenvalue weighted by molar-refractivity contribution is 5.86. The van der Waals surface area contributed by atoms with Crippen LogP contribution in [0, 0.1) is 13.8 Å². The van der Waals surface area contributed by atoms with Crippen molar-refractivity contribution in [1.82, 2.24) is 14.9 Å². The lowest BCUT2D eigenvalue weighted by molar-refractivity contribution is -0.121. The number of nitrogens with one attached hydrogen (secondary N) is 1. The Labute approximate surface area is 115 Å². The summed E-state index contributed by atoms with van der Waals surface area (Å²) in [4.78, 5) is 26.8. The van der Waals surface area contributed by atoms with Crippen molar-refractivity contribution in [3.05, 3.63) is 41.4 Å². The van der Waals surface area contributed by atoms with Gasteiger partial charge >= 0.3 is 5.97 Å². The molecule has 106 valence electrons. The first kappa shape index (κ1) is 13.9. The number of hydrogen-bond donors (Lipinski definition) is 2. The van der Waals surface area contributed by atoms with Gasteiger partial charge in [0.05, 0.1) is 12.2 Å². The molecule has 0 saturated carbocycles. The van der Waals surface area contributed by atoms with Gasteiger partial charge in [-0.3, -0.25) is 4.79 Å². The van der Waals surface area contributed by atoms with Crippen molar-refractivity contribution in [2.75, 3.05) is 0 Å². The van der Waals surface area contributed by atoms with E-state index in [1.165, 1.54) is 10.6 Å². The SMILES string of the molecule is Cc1nc(CNC(=O)Cn2cccc2C(=O)O)oc1C. The lowest BCUT2D eigenvalue weighted by Crippen LogP contribution is -2.28. The maximum atomic E-state index is 11.8. The first-order valence-corrected chi connectivity index (χ1v) is 6.05. The van der Waals surface area contributed by atoms with Crippen LogP contribution in [0.15, 0.2) is 22.7 Å². The van der Waals surface area contributed by atoms with Gasteiger partial charge in [0.2, 0.25) is 11.8 Å². The summed E-state index contributed by atoms with van der Waals surface area (Å²) >= 11 is 0. The van der Waals surface area contributed by atoms with Crippen molar-refractivity contribution >= 4 is 11.9 Å². The molecule has 0 bridgehead atoms. The van der Waals surface area contributed by atoms with E-state index in [4.69, 9.17) is 9.52 Å². The topological polar surface area (TPSA) is 97.4 Å². The predicted molar refractivity (Wildman–Crippen MR) is 69.2 cm³/mol. The molecule has 0 fully saturated rings. The van der Waals surface area contributed by atoms with Gasteiger partial charge in [-0.1, -0.05) is 0 Å². The van der Waals surface area contributed by atoms with E-state index in [1.54, 1.807) is 19.2 Å². The van der Waals surface area contributed by atoms with Gasteiger partial charge in [-0.15, -0.1) is 0 Å². The number of carbonyl (C=O) groups excluding carboxylic acids is 1. The molecule has 20 heavy (non-hydrogen) atoms. The number of nitrogens with zero attached hydrogens (tertiary/aromatic N) is 2. The van der Waals surface area contributed by atoms with Crippen molar-refractivity contribution in [1.29, 1.82) is 0 Å². The van der Waals surface area contributed by atoms with Crippen molar-refractivity contribution in [3.63, 3.8) is 0 Å². The van der Waals surface area contributed by atoms with Crippen LogP contribution in [0.5, 0.6) is 0 Å². The summed E-state index contributed by atoms with van der Waals surface area (Å²) in [6.07, 6.45) is 1.54. The van der Waals surface area contributed by atoms with E-state index in [-0.39, 0.29) is 24.7 Å². The first-order valence-electron chi connectivity index (χ1n) is 6.05. The number of hydrogen-bond acceptors (Lipinski definition) is 4. The summed E-state index contributed by atoms with van der Waals surface area (Å²) < 4.78 is 6.70. The number of rotatable bonds is 5. The second-order valence-corrected chi connectivity index (χ2v) is 4.35.